The molecule has 2 aromatic carbocycles. The van der Waals surface area contributed by atoms with Crippen molar-refractivity contribution in [1.82, 2.24) is 0 Å². The van der Waals surface area contributed by atoms with Crippen molar-refractivity contribution >= 4 is 46.5 Å². The molecule has 0 aliphatic rings. The van der Waals surface area contributed by atoms with Crippen LogP contribution in [0, 0.1) is 6.92 Å². The minimum Gasteiger partial charge on any atom is -0.491 e. The smallest absolute Gasteiger partial charge is 0.371 e. The van der Waals surface area contributed by atoms with Gasteiger partial charge in [-0.2, -0.15) is 0 Å². The molecule has 0 fully saturated rings. The molecule has 1 unspecified atom stereocenters. The first kappa shape index (κ1) is 22.0. The summed E-state index contributed by atoms with van der Waals surface area (Å²) in [6.45, 7) is 1.85. The molecule has 0 aliphatic carbocycles. The zero-order chi connectivity index (χ0) is 19.4. The van der Waals surface area contributed by atoms with E-state index in [1.165, 1.54) is 6.07 Å². The molecule has 3 rings (SSSR count). The fourth-order valence-corrected chi connectivity index (χ4v) is 2.54. The van der Waals surface area contributed by atoms with Crippen LogP contribution in [0.15, 0.2) is 57.7 Å². The number of fused-ring (bicyclic) bond motifs is 1. The molecule has 0 amide bonds. The predicted molar refractivity (Wildman–Crippen MR) is 103 cm³/mol. The van der Waals surface area contributed by atoms with Crippen LogP contribution in [0.3, 0.4) is 0 Å². The number of ether oxygens (including phenoxy) is 2. The maximum absolute atomic E-state index is 12.2. The Morgan fingerprint density at radius 2 is 1.82 bits per heavy atom. The Bertz CT molecular complexity index is 1030. The van der Waals surface area contributed by atoms with Gasteiger partial charge in [-0.3, -0.25) is 4.79 Å². The number of hydrogen-bond donors (Lipinski definition) is 2. The van der Waals surface area contributed by atoms with Gasteiger partial charge in [-0.25, -0.2) is 4.79 Å². The van der Waals surface area contributed by atoms with Crippen LogP contribution in [0.2, 0.25) is 0 Å². The maximum Gasteiger partial charge on any atom is 0.371 e. The van der Waals surface area contributed by atoms with Gasteiger partial charge in [0.2, 0.25) is 5.76 Å². The molecular formula is C20H18NaO7. The third-order valence-corrected chi connectivity index (χ3v) is 3.79. The SMILES string of the molecule is Cc1cccc(OCC(O)COc2cccc3oc(C(=O)O)cc(=O)c23)c1.[Na]. The van der Waals surface area contributed by atoms with Gasteiger partial charge in [0, 0.05) is 35.6 Å². The standard InChI is InChI=1S/C20H18O7.Na/c1-12-4-2-5-14(8-12)25-10-13(21)11-26-16-6-3-7-17-19(16)15(22)9-18(27-17)20(23)24;/h2-9,13,21H,10-11H2,1H3,(H,23,24);. The first-order valence-electron chi connectivity index (χ1n) is 8.24. The number of carboxylic acids is 1. The number of rotatable bonds is 7. The van der Waals surface area contributed by atoms with Crippen LogP contribution < -0.4 is 14.9 Å². The number of aliphatic hydroxyl groups is 1. The summed E-state index contributed by atoms with van der Waals surface area (Å²) in [7, 11) is 0. The summed E-state index contributed by atoms with van der Waals surface area (Å²) in [5.41, 5.74) is 0.610. The molecular weight excluding hydrogens is 375 g/mol. The van der Waals surface area contributed by atoms with Gasteiger partial charge >= 0.3 is 5.97 Å². The normalized spacial score (nSPS) is 11.5. The average Bonchev–Trinajstić information content (AvgIpc) is 2.64. The van der Waals surface area contributed by atoms with Crippen molar-refractivity contribution in [2.45, 2.75) is 13.0 Å². The predicted octanol–water partition coefficient (Wildman–Crippen LogP) is 2.24. The van der Waals surface area contributed by atoms with Crippen LogP contribution in [0.1, 0.15) is 16.1 Å². The summed E-state index contributed by atoms with van der Waals surface area (Å²) >= 11 is 0. The minimum atomic E-state index is -1.33. The Hall–Kier alpha value is -2.32. The largest absolute Gasteiger partial charge is 0.491 e. The number of carbonyl (C=O) groups is 1. The Morgan fingerprint density at radius 3 is 2.54 bits per heavy atom. The van der Waals surface area contributed by atoms with E-state index in [0.717, 1.165) is 11.6 Å². The molecule has 1 aromatic heterocycles. The van der Waals surface area contributed by atoms with E-state index >= 15 is 0 Å². The van der Waals surface area contributed by atoms with Gasteiger partial charge in [0.1, 0.15) is 41.8 Å². The summed E-state index contributed by atoms with van der Waals surface area (Å²) in [5, 5.41) is 19.2. The summed E-state index contributed by atoms with van der Waals surface area (Å²) < 4.78 is 16.3. The fraction of sp³-hybridized carbons (Fsp3) is 0.200. The van der Waals surface area contributed by atoms with E-state index in [-0.39, 0.29) is 59.5 Å². The fourth-order valence-electron chi connectivity index (χ4n) is 2.54. The molecule has 28 heavy (non-hydrogen) atoms. The molecule has 141 valence electrons. The quantitative estimate of drug-likeness (QED) is 0.593. The molecule has 0 spiro atoms. The number of aromatic carboxylic acids is 1. The van der Waals surface area contributed by atoms with Crippen LogP contribution in [0.4, 0.5) is 0 Å². The second-order valence-electron chi connectivity index (χ2n) is 6.00. The molecule has 0 saturated carbocycles. The van der Waals surface area contributed by atoms with Gasteiger partial charge in [-0.05, 0) is 36.8 Å². The summed E-state index contributed by atoms with van der Waals surface area (Å²) in [4.78, 5) is 23.2. The molecule has 0 bridgehead atoms. The molecule has 8 heteroatoms. The zero-order valence-corrected chi connectivity index (χ0v) is 17.5. The van der Waals surface area contributed by atoms with E-state index in [4.69, 9.17) is 19.0 Å². The van der Waals surface area contributed by atoms with Crippen molar-refractivity contribution < 1.29 is 28.9 Å². The van der Waals surface area contributed by atoms with Crippen LogP contribution in [-0.4, -0.2) is 65.1 Å². The third-order valence-electron chi connectivity index (χ3n) is 3.79. The van der Waals surface area contributed by atoms with E-state index in [2.05, 4.69) is 0 Å². The molecule has 0 saturated heterocycles. The Morgan fingerprint density at radius 1 is 1.11 bits per heavy atom. The average molecular weight is 393 g/mol. The molecule has 0 aliphatic heterocycles. The molecule has 7 nitrogen and oxygen atoms in total. The summed E-state index contributed by atoms with van der Waals surface area (Å²) in [5.74, 6) is -0.936. The second kappa shape index (κ2) is 9.75. The van der Waals surface area contributed by atoms with Crippen molar-refractivity contribution in [1.29, 1.82) is 0 Å². The van der Waals surface area contributed by atoms with E-state index in [0.29, 0.717) is 5.75 Å². The van der Waals surface area contributed by atoms with Crippen LogP contribution in [-0.2, 0) is 0 Å². The van der Waals surface area contributed by atoms with Crippen molar-refractivity contribution in [3.8, 4) is 11.5 Å². The van der Waals surface area contributed by atoms with Crippen molar-refractivity contribution in [3.63, 3.8) is 0 Å². The summed E-state index contributed by atoms with van der Waals surface area (Å²) in [6, 6.07) is 12.9. The van der Waals surface area contributed by atoms with E-state index in [1.807, 2.05) is 25.1 Å². The monoisotopic (exact) mass is 393 g/mol. The van der Waals surface area contributed by atoms with Crippen LogP contribution in [0.5, 0.6) is 11.5 Å². The van der Waals surface area contributed by atoms with Gasteiger partial charge in [-0.1, -0.05) is 18.2 Å². The van der Waals surface area contributed by atoms with Gasteiger partial charge in [-0.15, -0.1) is 0 Å². The van der Waals surface area contributed by atoms with Crippen LogP contribution in [0.25, 0.3) is 11.0 Å². The topological polar surface area (TPSA) is 106 Å². The summed E-state index contributed by atoms with van der Waals surface area (Å²) in [6.07, 6.45) is -0.925. The molecule has 2 N–H and O–H groups in total. The van der Waals surface area contributed by atoms with E-state index in [9.17, 15) is 14.7 Å². The van der Waals surface area contributed by atoms with Crippen molar-refractivity contribution in [3.05, 3.63) is 70.1 Å². The first-order chi connectivity index (χ1) is 12.9. The first-order valence-corrected chi connectivity index (χ1v) is 8.24. The molecule has 1 radical (unpaired) electrons. The molecule has 1 heterocycles. The number of hydrogen-bond acceptors (Lipinski definition) is 6. The molecule has 3 aromatic rings. The number of carboxylic acid groups (broad SMARTS) is 1. The van der Waals surface area contributed by atoms with Gasteiger partial charge < -0.3 is 24.1 Å². The van der Waals surface area contributed by atoms with Gasteiger partial charge in [0.15, 0.2) is 5.43 Å². The Balaban J connectivity index is 0.00000280. The van der Waals surface area contributed by atoms with E-state index < -0.39 is 23.3 Å². The van der Waals surface area contributed by atoms with Crippen molar-refractivity contribution in [2.75, 3.05) is 13.2 Å². The van der Waals surface area contributed by atoms with Gasteiger partial charge in [0.25, 0.3) is 0 Å². The third kappa shape index (κ3) is 5.36. The van der Waals surface area contributed by atoms with Crippen LogP contribution >= 0.6 is 0 Å². The van der Waals surface area contributed by atoms with Crippen molar-refractivity contribution in [2.24, 2.45) is 0 Å². The molecule has 1 atom stereocenters. The zero-order valence-electron chi connectivity index (χ0n) is 15.5. The minimum absolute atomic E-state index is 0. The number of aryl methyl sites for hydroxylation is 1. The number of aliphatic hydroxyl groups excluding tert-OH is 1. The van der Waals surface area contributed by atoms with E-state index in [1.54, 1.807) is 18.2 Å². The maximum atomic E-state index is 12.2. The Labute approximate surface area is 182 Å². The Kier molecular flexibility index (Phi) is 7.65. The number of benzene rings is 2. The van der Waals surface area contributed by atoms with Gasteiger partial charge in [0.05, 0.1) is 0 Å². The second-order valence-corrected chi connectivity index (χ2v) is 6.00.